The van der Waals surface area contributed by atoms with E-state index in [1.807, 2.05) is 6.07 Å². The van der Waals surface area contributed by atoms with Crippen molar-refractivity contribution in [2.45, 2.75) is 32.5 Å². The van der Waals surface area contributed by atoms with Crippen molar-refractivity contribution in [3.05, 3.63) is 35.9 Å². The van der Waals surface area contributed by atoms with Crippen LogP contribution in [-0.4, -0.2) is 58.8 Å². The van der Waals surface area contributed by atoms with Crippen LogP contribution in [0.15, 0.2) is 35.4 Å². The van der Waals surface area contributed by atoms with Gasteiger partial charge in [-0.05, 0) is 24.1 Å². The van der Waals surface area contributed by atoms with Gasteiger partial charge in [0, 0.05) is 5.11 Å². The minimum atomic E-state index is -1.13. The molecule has 0 saturated heterocycles. The predicted octanol–water partition coefficient (Wildman–Crippen LogP) is -0.261. The third kappa shape index (κ3) is 8.82. The number of carbonyl (C=O) groups excluding carboxylic acids is 5. The number of nitrogens with two attached hydrogens (primary N) is 1. The normalized spacial score (nSPS) is 13.0. The van der Waals surface area contributed by atoms with E-state index in [-0.39, 0.29) is 12.4 Å². The third-order valence-corrected chi connectivity index (χ3v) is 3.89. The third-order valence-electron chi connectivity index (χ3n) is 3.62. The van der Waals surface area contributed by atoms with Crippen molar-refractivity contribution in [2.75, 3.05) is 12.3 Å². The summed E-state index contributed by atoms with van der Waals surface area (Å²) in [6.45, 7) is 2.16. The highest BCUT2D eigenvalue weighted by Gasteiger charge is 2.27. The summed E-state index contributed by atoms with van der Waals surface area (Å²) >= 11 is 3.77. The molecule has 0 aliphatic rings. The first-order valence-corrected chi connectivity index (χ1v) is 9.49. The van der Waals surface area contributed by atoms with Gasteiger partial charge < -0.3 is 21.1 Å². The number of ether oxygens (including phenoxy) is 1. The van der Waals surface area contributed by atoms with Crippen molar-refractivity contribution in [3.8, 4) is 0 Å². The molecule has 0 heterocycles. The first kappa shape index (κ1) is 24.8. The molecule has 1 rings (SSSR count). The number of nitrogens with one attached hydrogen (secondary N) is 2. The lowest BCUT2D eigenvalue weighted by atomic mass is 10.2. The van der Waals surface area contributed by atoms with Crippen LogP contribution in [0.5, 0.6) is 0 Å². The Morgan fingerprint density at radius 3 is 2.30 bits per heavy atom. The SMILES string of the molecule is C[C@H](NC(=O)[C@H](C)NC(=O)OCc1ccccc1)C(=O)N=[N+](CC(N)=O)C(=O)CS. The van der Waals surface area contributed by atoms with Crippen LogP contribution in [0.4, 0.5) is 4.79 Å². The Balaban J connectivity index is 2.59. The molecule has 0 fully saturated rings. The van der Waals surface area contributed by atoms with Gasteiger partial charge in [-0.1, -0.05) is 30.3 Å². The Bertz CT molecular complexity index is 830. The lowest BCUT2D eigenvalue weighted by Crippen LogP contribution is -2.49. The van der Waals surface area contributed by atoms with Crippen molar-refractivity contribution in [1.29, 1.82) is 0 Å². The van der Waals surface area contributed by atoms with Crippen LogP contribution in [0.2, 0.25) is 0 Å². The molecule has 0 spiro atoms. The molecular weight excluding hydrogens is 414 g/mol. The van der Waals surface area contributed by atoms with Crippen molar-refractivity contribution < 1.29 is 33.4 Å². The van der Waals surface area contributed by atoms with Crippen molar-refractivity contribution in [3.63, 3.8) is 0 Å². The highest BCUT2D eigenvalue weighted by molar-refractivity contribution is 7.81. The van der Waals surface area contributed by atoms with E-state index in [2.05, 4.69) is 28.4 Å². The molecule has 1 aromatic carbocycles. The van der Waals surface area contributed by atoms with Crippen LogP contribution < -0.4 is 16.4 Å². The quantitative estimate of drug-likeness (QED) is 0.236. The average Bonchev–Trinajstić information content (AvgIpc) is 2.71. The van der Waals surface area contributed by atoms with Crippen LogP contribution in [0.25, 0.3) is 0 Å². The summed E-state index contributed by atoms with van der Waals surface area (Å²) in [6.07, 6.45) is -0.808. The zero-order chi connectivity index (χ0) is 22.7. The van der Waals surface area contributed by atoms with E-state index in [1.165, 1.54) is 13.8 Å². The molecule has 0 bridgehead atoms. The smallest absolute Gasteiger partial charge is 0.421 e. The van der Waals surface area contributed by atoms with Crippen molar-refractivity contribution in [1.82, 2.24) is 10.6 Å². The lowest BCUT2D eigenvalue weighted by molar-refractivity contribution is -0.497. The molecule has 12 heteroatoms. The predicted molar refractivity (Wildman–Crippen MR) is 107 cm³/mol. The number of amides is 5. The molecule has 0 unspecified atom stereocenters. The van der Waals surface area contributed by atoms with Gasteiger partial charge in [-0.3, -0.25) is 14.4 Å². The summed E-state index contributed by atoms with van der Waals surface area (Å²) in [6, 6.07) is 6.83. The van der Waals surface area contributed by atoms with Gasteiger partial charge in [0.25, 0.3) is 12.5 Å². The second-order valence-corrected chi connectivity index (χ2v) is 6.49. The Hall–Kier alpha value is -3.28. The first-order chi connectivity index (χ1) is 14.1. The number of primary amides is 1. The van der Waals surface area contributed by atoms with E-state index in [0.29, 0.717) is 4.70 Å². The van der Waals surface area contributed by atoms with Gasteiger partial charge >= 0.3 is 17.9 Å². The summed E-state index contributed by atoms with van der Waals surface area (Å²) < 4.78 is 5.61. The maximum absolute atomic E-state index is 12.2. The van der Waals surface area contributed by atoms with Gasteiger partial charge in [-0.25, -0.2) is 9.59 Å². The molecule has 0 saturated carbocycles. The fraction of sp³-hybridized carbons (Fsp3) is 0.389. The molecule has 0 aliphatic carbocycles. The molecule has 4 N–H and O–H groups in total. The lowest BCUT2D eigenvalue weighted by Gasteiger charge is -2.16. The monoisotopic (exact) mass is 438 g/mol. The molecule has 11 nitrogen and oxygen atoms in total. The summed E-state index contributed by atoms with van der Waals surface area (Å²) in [5.41, 5.74) is 5.79. The number of hydrogen-bond acceptors (Lipinski definition) is 7. The minimum Gasteiger partial charge on any atom is -0.445 e. The first-order valence-electron chi connectivity index (χ1n) is 8.86. The highest BCUT2D eigenvalue weighted by Crippen LogP contribution is 2.01. The van der Waals surface area contributed by atoms with E-state index in [9.17, 15) is 24.0 Å². The average molecular weight is 438 g/mol. The van der Waals surface area contributed by atoms with Gasteiger partial charge in [-0.15, -0.1) is 0 Å². The fourth-order valence-corrected chi connectivity index (χ4v) is 2.18. The number of benzene rings is 1. The Morgan fingerprint density at radius 1 is 1.10 bits per heavy atom. The van der Waals surface area contributed by atoms with Gasteiger partial charge in [-0.2, -0.15) is 12.6 Å². The van der Waals surface area contributed by atoms with Crippen molar-refractivity contribution >= 4 is 42.4 Å². The number of thiol groups is 1. The topological polar surface area (TPSA) is 160 Å². The molecule has 2 atom stereocenters. The summed E-state index contributed by atoms with van der Waals surface area (Å²) in [7, 11) is 0. The fourth-order valence-electron chi connectivity index (χ4n) is 2.02. The van der Waals surface area contributed by atoms with Gasteiger partial charge in [0.15, 0.2) is 0 Å². The zero-order valence-corrected chi connectivity index (χ0v) is 17.4. The molecule has 5 amide bonds. The van der Waals surface area contributed by atoms with Crippen LogP contribution in [0.3, 0.4) is 0 Å². The number of nitrogens with zero attached hydrogens (tertiary/aromatic N) is 2. The second-order valence-electron chi connectivity index (χ2n) is 6.17. The Kier molecular flexibility index (Phi) is 10.2. The number of hydrogen-bond donors (Lipinski definition) is 4. The van der Waals surface area contributed by atoms with Crippen LogP contribution in [0, 0.1) is 0 Å². The van der Waals surface area contributed by atoms with Gasteiger partial charge in [0.1, 0.15) is 24.4 Å². The van der Waals surface area contributed by atoms with E-state index >= 15 is 0 Å². The number of carbonyl (C=O) groups is 5. The van der Waals surface area contributed by atoms with E-state index in [4.69, 9.17) is 10.5 Å². The minimum absolute atomic E-state index is 0.0314. The molecule has 0 aliphatic heterocycles. The Morgan fingerprint density at radius 2 is 1.73 bits per heavy atom. The van der Waals surface area contributed by atoms with Crippen molar-refractivity contribution in [2.24, 2.45) is 10.8 Å². The molecule has 1 aromatic rings. The Labute approximate surface area is 178 Å². The van der Waals surface area contributed by atoms with Gasteiger partial charge in [0.05, 0.1) is 0 Å². The molecule has 0 radical (unpaired) electrons. The summed E-state index contributed by atoms with van der Waals surface area (Å²) in [5.74, 6) is -3.44. The van der Waals surface area contributed by atoms with E-state index in [0.717, 1.165) is 5.56 Å². The highest BCUT2D eigenvalue weighted by atomic mass is 32.1. The zero-order valence-electron chi connectivity index (χ0n) is 16.5. The molecule has 30 heavy (non-hydrogen) atoms. The number of rotatable bonds is 9. The van der Waals surface area contributed by atoms with E-state index in [1.54, 1.807) is 24.3 Å². The molecule has 162 valence electrons. The molecular formula is C18H24N5O6S+. The second kappa shape index (κ2) is 12.3. The largest absolute Gasteiger partial charge is 0.445 e. The number of azo groups is 2. The van der Waals surface area contributed by atoms with Crippen LogP contribution in [-0.2, 0) is 30.5 Å². The maximum Gasteiger partial charge on any atom is 0.421 e. The van der Waals surface area contributed by atoms with Crippen LogP contribution in [0.1, 0.15) is 19.4 Å². The summed E-state index contributed by atoms with van der Waals surface area (Å²) in [4.78, 5) is 58.8. The van der Waals surface area contributed by atoms with E-state index < -0.39 is 48.4 Å². The number of alkyl carbamates (subject to hydrolysis) is 1. The summed E-state index contributed by atoms with van der Waals surface area (Å²) in [5, 5.41) is 8.18. The van der Waals surface area contributed by atoms with Gasteiger partial charge in [0.2, 0.25) is 5.91 Å². The standard InChI is InChI=1S/C18H23N5O6S/c1-11(21-18(28)29-9-13-6-4-3-5-7-13)16(26)20-12(2)17(27)22-23(8-14(19)24)15(25)10-30/h3-7,11-12H,8-10H2,1-2H3,(H4-,19,20,21,24,26,28,30)/p+1/t11-,12-/m0/s1. The van der Waals surface area contributed by atoms with Crippen LogP contribution >= 0.6 is 12.6 Å². The maximum atomic E-state index is 12.2. The molecule has 0 aromatic heterocycles.